The fraction of sp³-hybridized carbons (Fsp3) is 0.357. The van der Waals surface area contributed by atoms with Crippen molar-refractivity contribution < 1.29 is 28.9 Å². The number of hydrogen-bond donors (Lipinski definition) is 0. The van der Waals surface area contributed by atoms with Gasteiger partial charge in [0, 0.05) is 53.9 Å². The zero-order valence-corrected chi connectivity index (χ0v) is 21.6. The van der Waals surface area contributed by atoms with Gasteiger partial charge in [-0.15, -0.1) is 0 Å². The second-order valence-electron chi connectivity index (χ2n) is 9.63. The van der Waals surface area contributed by atoms with E-state index in [1.165, 1.54) is 13.2 Å². The Morgan fingerprint density at radius 3 is 2.00 bits per heavy atom. The summed E-state index contributed by atoms with van der Waals surface area (Å²) >= 11 is 0. The Labute approximate surface area is 224 Å². The van der Waals surface area contributed by atoms with Crippen molar-refractivity contribution in [1.29, 1.82) is 0 Å². The number of carbonyl (C=O) groups is 2. The molecular weight excluding hydrogens is 506 g/mol. The molecule has 39 heavy (non-hydrogen) atoms. The molecule has 0 N–H and O–H groups in total. The van der Waals surface area contributed by atoms with Crippen LogP contribution in [0.15, 0.2) is 58.9 Å². The van der Waals surface area contributed by atoms with Crippen LogP contribution >= 0.6 is 0 Å². The zero-order valence-electron chi connectivity index (χ0n) is 21.6. The van der Waals surface area contributed by atoms with Crippen LogP contribution in [0.3, 0.4) is 0 Å². The molecule has 11 nitrogen and oxygen atoms in total. The number of methoxy groups -OCH3 is 1. The average Bonchev–Trinajstić information content (AvgIpc) is 2.92. The molecule has 1 aliphatic heterocycles. The normalized spacial score (nSPS) is 17.6. The lowest BCUT2D eigenvalue weighted by molar-refractivity contribution is -0.394. The molecule has 2 aliphatic carbocycles. The highest BCUT2D eigenvalue weighted by Gasteiger charge is 2.43. The summed E-state index contributed by atoms with van der Waals surface area (Å²) in [6.45, 7) is 2.70. The highest BCUT2D eigenvalue weighted by Crippen LogP contribution is 2.50. The van der Waals surface area contributed by atoms with Gasteiger partial charge in [0.15, 0.2) is 23.1 Å². The zero-order chi connectivity index (χ0) is 27.8. The Kier molecular flexibility index (Phi) is 6.90. The van der Waals surface area contributed by atoms with E-state index in [2.05, 4.69) is 4.90 Å². The number of ether oxygens (including phenoxy) is 2. The van der Waals surface area contributed by atoms with Gasteiger partial charge < -0.3 is 14.4 Å². The second-order valence-corrected chi connectivity index (χ2v) is 9.63. The molecule has 0 saturated carbocycles. The molecule has 0 aromatic heterocycles. The van der Waals surface area contributed by atoms with Crippen LogP contribution in [0.4, 0.5) is 11.4 Å². The minimum absolute atomic E-state index is 0.0328. The van der Waals surface area contributed by atoms with E-state index in [1.807, 2.05) is 6.92 Å². The summed E-state index contributed by atoms with van der Waals surface area (Å²) in [5, 5.41) is 22.7. The Hall–Kier alpha value is -4.54. The third-order valence-electron chi connectivity index (χ3n) is 7.49. The number of allylic oxidation sites excluding steroid dienone is 4. The molecule has 0 amide bonds. The molecule has 3 aliphatic rings. The van der Waals surface area contributed by atoms with Crippen molar-refractivity contribution in [3.05, 3.63) is 84.7 Å². The van der Waals surface area contributed by atoms with Gasteiger partial charge in [-0.1, -0.05) is 6.07 Å². The van der Waals surface area contributed by atoms with Crippen molar-refractivity contribution in [3.8, 4) is 17.2 Å². The molecular formula is C28H27N3O8. The standard InChI is InChI=1S/C28H27N3O8/c1-3-29-18-6-4-8-21(32)27(18)26(28-19(29)7-5-9-22(28)33)16-10-12-24(25(14-16)38-2)39-23-13-11-17(30(34)35)15-20(23)31(36)37/h10-15,26H,3-9H2,1-2H3. The third-order valence-corrected chi connectivity index (χ3v) is 7.49. The van der Waals surface area contributed by atoms with Gasteiger partial charge in [-0.3, -0.25) is 29.8 Å². The smallest absolute Gasteiger partial charge is 0.318 e. The van der Waals surface area contributed by atoms with Crippen molar-refractivity contribution in [1.82, 2.24) is 4.90 Å². The number of nitrogens with zero attached hydrogens (tertiary/aromatic N) is 3. The number of ketones is 2. The fourth-order valence-electron chi connectivity index (χ4n) is 5.85. The summed E-state index contributed by atoms with van der Waals surface area (Å²) in [5.41, 5.74) is 2.96. The number of Topliss-reactive ketones (excluding diaryl/α,β-unsaturated/α-hetero) is 2. The van der Waals surface area contributed by atoms with Crippen molar-refractivity contribution in [2.45, 2.75) is 51.4 Å². The average molecular weight is 534 g/mol. The minimum Gasteiger partial charge on any atom is -0.493 e. The maximum absolute atomic E-state index is 13.3. The summed E-state index contributed by atoms with van der Waals surface area (Å²) in [6, 6.07) is 8.13. The molecule has 0 atom stereocenters. The highest BCUT2D eigenvalue weighted by atomic mass is 16.6. The summed E-state index contributed by atoms with van der Waals surface area (Å²) in [5.74, 6) is -0.259. The molecule has 5 rings (SSSR count). The van der Waals surface area contributed by atoms with E-state index in [-0.39, 0.29) is 28.8 Å². The molecule has 11 heteroatoms. The third kappa shape index (κ3) is 4.53. The Morgan fingerprint density at radius 1 is 0.846 bits per heavy atom. The first-order valence-electron chi connectivity index (χ1n) is 12.8. The first kappa shape index (κ1) is 26.1. The van der Waals surface area contributed by atoms with Gasteiger partial charge in [0.2, 0.25) is 5.75 Å². The highest BCUT2D eigenvalue weighted by molar-refractivity contribution is 6.06. The van der Waals surface area contributed by atoms with Crippen LogP contribution in [0.25, 0.3) is 0 Å². The largest absolute Gasteiger partial charge is 0.493 e. The molecule has 0 unspecified atom stereocenters. The summed E-state index contributed by atoms with van der Waals surface area (Å²) < 4.78 is 11.4. The Bertz CT molecular complexity index is 1430. The Morgan fingerprint density at radius 2 is 1.46 bits per heavy atom. The van der Waals surface area contributed by atoms with Crippen molar-refractivity contribution in [2.75, 3.05) is 13.7 Å². The number of benzene rings is 2. The van der Waals surface area contributed by atoms with E-state index in [9.17, 15) is 29.8 Å². The van der Waals surface area contributed by atoms with Gasteiger partial charge in [-0.2, -0.15) is 0 Å². The van der Waals surface area contributed by atoms with Gasteiger partial charge in [0.05, 0.1) is 23.0 Å². The van der Waals surface area contributed by atoms with Crippen LogP contribution in [0.5, 0.6) is 17.2 Å². The predicted octanol–water partition coefficient (Wildman–Crippen LogP) is 5.74. The lowest BCUT2D eigenvalue weighted by Gasteiger charge is -2.43. The number of non-ortho nitro benzene ring substituents is 1. The summed E-state index contributed by atoms with van der Waals surface area (Å²) in [4.78, 5) is 50.0. The van der Waals surface area contributed by atoms with E-state index >= 15 is 0 Å². The van der Waals surface area contributed by atoms with Crippen LogP contribution in [0.1, 0.15) is 56.9 Å². The van der Waals surface area contributed by atoms with E-state index in [0.29, 0.717) is 36.1 Å². The molecule has 0 saturated heterocycles. The summed E-state index contributed by atoms with van der Waals surface area (Å²) in [7, 11) is 1.42. The topological polar surface area (TPSA) is 142 Å². The van der Waals surface area contributed by atoms with E-state index in [4.69, 9.17) is 9.47 Å². The lowest BCUT2D eigenvalue weighted by Crippen LogP contribution is -2.39. The number of nitro benzene ring substituents is 2. The van der Waals surface area contributed by atoms with E-state index in [1.54, 1.807) is 18.2 Å². The van der Waals surface area contributed by atoms with Crippen LogP contribution in [-0.2, 0) is 9.59 Å². The molecule has 2 aromatic rings. The molecule has 0 fully saturated rings. The molecule has 0 spiro atoms. The molecule has 202 valence electrons. The van der Waals surface area contributed by atoms with Crippen molar-refractivity contribution in [2.24, 2.45) is 0 Å². The van der Waals surface area contributed by atoms with Crippen LogP contribution in [0.2, 0.25) is 0 Å². The molecule has 2 aromatic carbocycles. The SMILES string of the molecule is CCN1C2=C(C(=O)CCC2)C(c2ccc(Oc3ccc([N+](=O)[O-])cc3[N+](=O)[O-])c(OC)c2)C2=C1CCCC2=O. The minimum atomic E-state index is -0.754. The van der Waals surface area contributed by atoms with Gasteiger partial charge >= 0.3 is 5.69 Å². The first-order chi connectivity index (χ1) is 18.7. The van der Waals surface area contributed by atoms with Crippen LogP contribution in [-0.4, -0.2) is 40.0 Å². The van der Waals surface area contributed by atoms with E-state index in [0.717, 1.165) is 49.2 Å². The number of nitro groups is 2. The predicted molar refractivity (Wildman–Crippen MR) is 140 cm³/mol. The maximum Gasteiger partial charge on any atom is 0.318 e. The monoisotopic (exact) mass is 533 g/mol. The molecule has 1 heterocycles. The lowest BCUT2D eigenvalue weighted by atomic mass is 9.71. The fourth-order valence-corrected chi connectivity index (χ4v) is 5.85. The van der Waals surface area contributed by atoms with Gasteiger partial charge in [-0.25, -0.2) is 0 Å². The molecule has 0 bridgehead atoms. The van der Waals surface area contributed by atoms with Crippen LogP contribution < -0.4 is 9.47 Å². The van der Waals surface area contributed by atoms with E-state index < -0.39 is 27.1 Å². The first-order valence-corrected chi connectivity index (χ1v) is 12.8. The van der Waals surface area contributed by atoms with Gasteiger partial charge in [-0.05, 0) is 56.4 Å². The Balaban J connectivity index is 1.60. The molecule has 0 radical (unpaired) electrons. The maximum atomic E-state index is 13.3. The number of hydrogen-bond acceptors (Lipinski definition) is 9. The van der Waals surface area contributed by atoms with Crippen molar-refractivity contribution in [3.63, 3.8) is 0 Å². The summed E-state index contributed by atoms with van der Waals surface area (Å²) in [6.07, 6.45) is 3.90. The van der Waals surface area contributed by atoms with Gasteiger partial charge in [0.1, 0.15) is 0 Å². The van der Waals surface area contributed by atoms with Gasteiger partial charge in [0.25, 0.3) is 5.69 Å². The second kappa shape index (κ2) is 10.3. The quantitative estimate of drug-likeness (QED) is 0.322. The van der Waals surface area contributed by atoms with Crippen LogP contribution in [0, 0.1) is 20.2 Å². The number of rotatable bonds is 7. The van der Waals surface area contributed by atoms with Crippen molar-refractivity contribution >= 4 is 22.9 Å². The number of carbonyl (C=O) groups excluding carboxylic acids is 2.